The van der Waals surface area contributed by atoms with Crippen LogP contribution >= 0.6 is 0 Å². The van der Waals surface area contributed by atoms with Gasteiger partial charge in [-0.2, -0.15) is 0 Å². The lowest BCUT2D eigenvalue weighted by Crippen LogP contribution is -2.10. The Morgan fingerprint density at radius 3 is 2.19 bits per heavy atom. The van der Waals surface area contributed by atoms with Crippen LogP contribution in [0.2, 0.25) is 0 Å². The lowest BCUT2D eigenvalue weighted by atomic mass is 10.0. The standard InChI is InChI=1S/C12H14FNO2/c13-10-7-5-9(6-8-10)11(15)3-1-2-4-12(14)16/h5-8H,1-4H2,(H2,14,16). The van der Waals surface area contributed by atoms with Gasteiger partial charge in [0.2, 0.25) is 5.91 Å². The summed E-state index contributed by atoms with van der Waals surface area (Å²) < 4.78 is 12.6. The summed E-state index contributed by atoms with van der Waals surface area (Å²) in [6.07, 6.45) is 1.90. The molecule has 0 aliphatic heterocycles. The Kier molecular flexibility index (Phi) is 4.64. The zero-order valence-electron chi connectivity index (χ0n) is 8.91. The third-order valence-corrected chi connectivity index (χ3v) is 2.24. The summed E-state index contributed by atoms with van der Waals surface area (Å²) in [7, 11) is 0. The van der Waals surface area contributed by atoms with E-state index < -0.39 is 0 Å². The Bertz CT molecular complexity index is 373. The number of Topliss-reactive ketones (excluding diaryl/α,β-unsaturated/α-hetero) is 1. The van der Waals surface area contributed by atoms with E-state index in [0.717, 1.165) is 0 Å². The molecule has 0 aliphatic rings. The van der Waals surface area contributed by atoms with Gasteiger partial charge in [-0.25, -0.2) is 4.39 Å². The number of benzene rings is 1. The first-order valence-electron chi connectivity index (χ1n) is 5.16. The number of unbranched alkanes of at least 4 members (excludes halogenated alkanes) is 1. The van der Waals surface area contributed by atoms with Crippen molar-refractivity contribution in [2.24, 2.45) is 5.73 Å². The van der Waals surface area contributed by atoms with Crippen LogP contribution in [0, 0.1) is 5.82 Å². The summed E-state index contributed by atoms with van der Waals surface area (Å²) in [5, 5.41) is 0. The molecule has 0 saturated carbocycles. The predicted octanol–water partition coefficient (Wildman–Crippen LogP) is 2.05. The maximum Gasteiger partial charge on any atom is 0.217 e. The van der Waals surface area contributed by atoms with E-state index in [9.17, 15) is 14.0 Å². The van der Waals surface area contributed by atoms with Crippen LogP contribution < -0.4 is 5.73 Å². The molecule has 0 fully saturated rings. The van der Waals surface area contributed by atoms with E-state index in [1.54, 1.807) is 0 Å². The first-order chi connectivity index (χ1) is 7.59. The van der Waals surface area contributed by atoms with Gasteiger partial charge in [0.25, 0.3) is 0 Å². The van der Waals surface area contributed by atoms with Crippen molar-refractivity contribution in [2.45, 2.75) is 25.7 Å². The smallest absolute Gasteiger partial charge is 0.217 e. The molecular formula is C12H14FNO2. The van der Waals surface area contributed by atoms with E-state index in [1.807, 2.05) is 0 Å². The minimum Gasteiger partial charge on any atom is -0.370 e. The van der Waals surface area contributed by atoms with E-state index in [1.165, 1.54) is 24.3 Å². The molecule has 1 aromatic carbocycles. The summed E-state index contributed by atoms with van der Waals surface area (Å²) in [4.78, 5) is 22.0. The van der Waals surface area contributed by atoms with E-state index >= 15 is 0 Å². The fraction of sp³-hybridized carbons (Fsp3) is 0.333. The number of hydrogen-bond acceptors (Lipinski definition) is 2. The minimum absolute atomic E-state index is 0.0375. The quantitative estimate of drug-likeness (QED) is 0.592. The van der Waals surface area contributed by atoms with Crippen molar-refractivity contribution >= 4 is 11.7 Å². The highest BCUT2D eigenvalue weighted by Gasteiger charge is 2.05. The van der Waals surface area contributed by atoms with Crippen LogP contribution in [0.5, 0.6) is 0 Å². The zero-order valence-corrected chi connectivity index (χ0v) is 8.91. The summed E-state index contributed by atoms with van der Waals surface area (Å²) >= 11 is 0. The van der Waals surface area contributed by atoms with Gasteiger partial charge in [0.15, 0.2) is 5.78 Å². The number of hydrogen-bond donors (Lipinski definition) is 1. The van der Waals surface area contributed by atoms with Crippen LogP contribution in [0.3, 0.4) is 0 Å². The normalized spacial score (nSPS) is 10.1. The first kappa shape index (κ1) is 12.4. The fourth-order valence-electron chi connectivity index (χ4n) is 1.36. The van der Waals surface area contributed by atoms with E-state index in [4.69, 9.17) is 5.73 Å². The molecule has 1 rings (SSSR count). The molecule has 0 unspecified atom stereocenters. The highest BCUT2D eigenvalue weighted by molar-refractivity contribution is 5.95. The lowest BCUT2D eigenvalue weighted by molar-refractivity contribution is -0.118. The molecule has 1 aromatic rings. The Balaban J connectivity index is 2.35. The largest absolute Gasteiger partial charge is 0.370 e. The molecule has 0 heterocycles. The van der Waals surface area contributed by atoms with Gasteiger partial charge in [0, 0.05) is 18.4 Å². The Labute approximate surface area is 93.4 Å². The first-order valence-corrected chi connectivity index (χ1v) is 5.16. The van der Waals surface area contributed by atoms with Crippen molar-refractivity contribution in [1.29, 1.82) is 0 Å². The van der Waals surface area contributed by atoms with Gasteiger partial charge in [0.1, 0.15) is 5.82 Å². The van der Waals surface area contributed by atoms with Crippen molar-refractivity contribution in [3.8, 4) is 0 Å². The van der Waals surface area contributed by atoms with Gasteiger partial charge in [-0.05, 0) is 37.1 Å². The van der Waals surface area contributed by atoms with Crippen molar-refractivity contribution in [1.82, 2.24) is 0 Å². The van der Waals surface area contributed by atoms with Crippen LogP contribution in [-0.4, -0.2) is 11.7 Å². The van der Waals surface area contributed by atoms with Crippen LogP contribution in [0.1, 0.15) is 36.0 Å². The Hall–Kier alpha value is -1.71. The number of ketones is 1. The van der Waals surface area contributed by atoms with E-state index in [-0.39, 0.29) is 17.5 Å². The molecule has 2 N–H and O–H groups in total. The molecule has 0 aromatic heterocycles. The molecule has 0 bridgehead atoms. The molecular weight excluding hydrogens is 209 g/mol. The molecule has 16 heavy (non-hydrogen) atoms. The molecule has 3 nitrogen and oxygen atoms in total. The average molecular weight is 223 g/mol. The molecule has 0 spiro atoms. The summed E-state index contributed by atoms with van der Waals surface area (Å²) in [6, 6.07) is 5.45. The van der Waals surface area contributed by atoms with Crippen molar-refractivity contribution in [3.63, 3.8) is 0 Å². The Morgan fingerprint density at radius 2 is 1.62 bits per heavy atom. The number of carbonyl (C=O) groups is 2. The molecule has 0 aliphatic carbocycles. The van der Waals surface area contributed by atoms with Crippen LogP contribution in [0.4, 0.5) is 4.39 Å². The number of rotatable bonds is 6. The topological polar surface area (TPSA) is 60.2 Å². The number of primary amides is 1. The van der Waals surface area contributed by atoms with Crippen LogP contribution in [-0.2, 0) is 4.79 Å². The van der Waals surface area contributed by atoms with Crippen LogP contribution in [0.25, 0.3) is 0 Å². The minimum atomic E-state index is -0.356. The van der Waals surface area contributed by atoms with Crippen molar-refractivity contribution < 1.29 is 14.0 Å². The zero-order chi connectivity index (χ0) is 12.0. The van der Waals surface area contributed by atoms with Gasteiger partial charge in [-0.1, -0.05) is 0 Å². The average Bonchev–Trinajstić information content (AvgIpc) is 2.25. The molecule has 0 atom stereocenters. The summed E-state index contributed by atoms with van der Waals surface area (Å²) in [6.45, 7) is 0. The maximum atomic E-state index is 12.6. The predicted molar refractivity (Wildman–Crippen MR) is 58.4 cm³/mol. The number of amides is 1. The van der Waals surface area contributed by atoms with Crippen molar-refractivity contribution in [2.75, 3.05) is 0 Å². The van der Waals surface area contributed by atoms with Crippen molar-refractivity contribution in [3.05, 3.63) is 35.6 Å². The maximum absolute atomic E-state index is 12.6. The van der Waals surface area contributed by atoms with Gasteiger partial charge in [0.05, 0.1) is 0 Å². The third kappa shape index (κ3) is 4.21. The van der Waals surface area contributed by atoms with Gasteiger partial charge >= 0.3 is 0 Å². The monoisotopic (exact) mass is 223 g/mol. The van der Waals surface area contributed by atoms with Crippen LogP contribution in [0.15, 0.2) is 24.3 Å². The van der Waals surface area contributed by atoms with Gasteiger partial charge in [-0.15, -0.1) is 0 Å². The lowest BCUT2D eigenvalue weighted by Gasteiger charge is -2.00. The highest BCUT2D eigenvalue weighted by Crippen LogP contribution is 2.09. The van der Waals surface area contributed by atoms with Gasteiger partial charge in [-0.3, -0.25) is 9.59 Å². The number of halogens is 1. The second-order valence-corrected chi connectivity index (χ2v) is 3.60. The summed E-state index contributed by atoms with van der Waals surface area (Å²) in [5.41, 5.74) is 5.47. The molecule has 4 heteroatoms. The number of nitrogens with two attached hydrogens (primary N) is 1. The molecule has 86 valence electrons. The SMILES string of the molecule is NC(=O)CCCCC(=O)c1ccc(F)cc1. The second-order valence-electron chi connectivity index (χ2n) is 3.60. The fourth-order valence-corrected chi connectivity index (χ4v) is 1.36. The molecule has 0 radical (unpaired) electrons. The number of carbonyl (C=O) groups excluding carboxylic acids is 2. The van der Waals surface area contributed by atoms with E-state index in [0.29, 0.717) is 31.2 Å². The molecule has 0 saturated heterocycles. The van der Waals surface area contributed by atoms with E-state index in [2.05, 4.69) is 0 Å². The summed E-state index contributed by atoms with van der Waals surface area (Å²) in [5.74, 6) is -0.746. The Morgan fingerprint density at radius 1 is 1.06 bits per heavy atom. The van der Waals surface area contributed by atoms with Gasteiger partial charge < -0.3 is 5.73 Å². The molecule has 1 amide bonds. The third-order valence-electron chi connectivity index (χ3n) is 2.24. The second kappa shape index (κ2) is 6.00. The highest BCUT2D eigenvalue weighted by atomic mass is 19.1.